The number of nitrogens with zero attached hydrogens (tertiary/aromatic N) is 3. The van der Waals surface area contributed by atoms with Crippen molar-refractivity contribution in [3.05, 3.63) is 11.9 Å². The standard InChI is InChI=1S/C13H24N6/c1-3-11-12(15-9-16-13(11)18-14)17-10(2)8-19-6-4-5-7-19/h9-10H,3-8,14H2,1-2H3,(H2,15,16,17,18). The highest BCUT2D eigenvalue weighted by Gasteiger charge is 2.16. The molecule has 1 aliphatic rings. The smallest absolute Gasteiger partial charge is 0.148 e. The highest BCUT2D eigenvalue weighted by Crippen LogP contribution is 2.20. The van der Waals surface area contributed by atoms with Gasteiger partial charge in [0.25, 0.3) is 0 Å². The third-order valence-electron chi connectivity index (χ3n) is 3.55. The van der Waals surface area contributed by atoms with E-state index in [1.165, 1.54) is 25.9 Å². The molecule has 1 aromatic rings. The lowest BCUT2D eigenvalue weighted by Crippen LogP contribution is -2.33. The van der Waals surface area contributed by atoms with Gasteiger partial charge in [0.05, 0.1) is 0 Å². The monoisotopic (exact) mass is 264 g/mol. The molecule has 0 radical (unpaired) electrons. The van der Waals surface area contributed by atoms with Crippen LogP contribution in [0.4, 0.5) is 11.6 Å². The van der Waals surface area contributed by atoms with Crippen molar-refractivity contribution in [3.63, 3.8) is 0 Å². The summed E-state index contributed by atoms with van der Waals surface area (Å²) in [6.07, 6.45) is 5.03. The summed E-state index contributed by atoms with van der Waals surface area (Å²) in [5.41, 5.74) is 3.67. The number of likely N-dealkylation sites (tertiary alicyclic amines) is 1. The fraction of sp³-hybridized carbons (Fsp3) is 0.692. The molecule has 0 saturated carbocycles. The van der Waals surface area contributed by atoms with E-state index in [9.17, 15) is 0 Å². The third-order valence-corrected chi connectivity index (χ3v) is 3.55. The predicted octanol–water partition coefficient (Wildman–Crippen LogP) is 1.22. The summed E-state index contributed by atoms with van der Waals surface area (Å²) in [5, 5.41) is 3.47. The molecule has 19 heavy (non-hydrogen) atoms. The van der Waals surface area contributed by atoms with Gasteiger partial charge in [0.1, 0.15) is 18.0 Å². The van der Waals surface area contributed by atoms with Crippen LogP contribution in [0.3, 0.4) is 0 Å². The lowest BCUT2D eigenvalue weighted by Gasteiger charge is -2.23. The molecule has 0 aliphatic carbocycles. The normalized spacial score (nSPS) is 17.4. The molecule has 6 nitrogen and oxygen atoms in total. The van der Waals surface area contributed by atoms with E-state index in [0.717, 1.165) is 24.3 Å². The van der Waals surface area contributed by atoms with Gasteiger partial charge in [-0.1, -0.05) is 6.92 Å². The van der Waals surface area contributed by atoms with E-state index >= 15 is 0 Å². The predicted molar refractivity (Wildman–Crippen MR) is 78.0 cm³/mol. The first-order valence-corrected chi connectivity index (χ1v) is 7.04. The second-order valence-corrected chi connectivity index (χ2v) is 5.10. The SMILES string of the molecule is CCc1c(NN)ncnc1NC(C)CN1CCCC1. The van der Waals surface area contributed by atoms with E-state index in [4.69, 9.17) is 5.84 Å². The molecule has 0 spiro atoms. The molecule has 1 fully saturated rings. The minimum Gasteiger partial charge on any atom is -0.366 e. The molecule has 1 aromatic heterocycles. The van der Waals surface area contributed by atoms with Crippen LogP contribution in [-0.4, -0.2) is 40.5 Å². The number of hydrogen-bond acceptors (Lipinski definition) is 6. The van der Waals surface area contributed by atoms with Crippen LogP contribution in [0.15, 0.2) is 6.33 Å². The fourth-order valence-electron chi connectivity index (χ4n) is 2.63. The first-order chi connectivity index (χ1) is 9.24. The van der Waals surface area contributed by atoms with Crippen LogP contribution in [0.2, 0.25) is 0 Å². The number of rotatable bonds is 6. The lowest BCUT2D eigenvalue weighted by atomic mass is 10.2. The van der Waals surface area contributed by atoms with Crippen LogP contribution < -0.4 is 16.6 Å². The molecule has 0 bridgehead atoms. The maximum Gasteiger partial charge on any atom is 0.148 e. The molecule has 4 N–H and O–H groups in total. The quantitative estimate of drug-likeness (QED) is 0.529. The van der Waals surface area contributed by atoms with Gasteiger partial charge in [-0.2, -0.15) is 0 Å². The largest absolute Gasteiger partial charge is 0.366 e. The number of nitrogens with two attached hydrogens (primary N) is 1. The Bertz CT molecular complexity index is 402. The molecular weight excluding hydrogens is 240 g/mol. The molecule has 1 atom stereocenters. The summed E-state index contributed by atoms with van der Waals surface area (Å²) < 4.78 is 0. The van der Waals surface area contributed by atoms with Crippen LogP contribution in [-0.2, 0) is 6.42 Å². The number of aromatic nitrogens is 2. The molecular formula is C13H24N6. The first kappa shape index (κ1) is 14.0. The van der Waals surface area contributed by atoms with Gasteiger partial charge < -0.3 is 15.6 Å². The molecule has 2 rings (SSSR count). The van der Waals surface area contributed by atoms with Crippen LogP contribution in [0.1, 0.15) is 32.3 Å². The Balaban J connectivity index is 2.01. The zero-order chi connectivity index (χ0) is 13.7. The summed E-state index contributed by atoms with van der Waals surface area (Å²) in [7, 11) is 0. The van der Waals surface area contributed by atoms with Gasteiger partial charge in [-0.25, -0.2) is 15.8 Å². The highest BCUT2D eigenvalue weighted by molar-refractivity contribution is 5.57. The second-order valence-electron chi connectivity index (χ2n) is 5.10. The maximum atomic E-state index is 5.48. The van der Waals surface area contributed by atoms with Crippen LogP contribution in [0.25, 0.3) is 0 Å². The average Bonchev–Trinajstić information content (AvgIpc) is 2.91. The number of anilines is 2. The molecule has 1 unspecified atom stereocenters. The Labute approximate surface area is 114 Å². The summed E-state index contributed by atoms with van der Waals surface area (Å²) in [6, 6.07) is 0.365. The zero-order valence-electron chi connectivity index (χ0n) is 11.8. The van der Waals surface area contributed by atoms with E-state index in [-0.39, 0.29) is 0 Å². The van der Waals surface area contributed by atoms with Gasteiger partial charge in [0.2, 0.25) is 0 Å². The Morgan fingerprint density at radius 1 is 1.32 bits per heavy atom. The topological polar surface area (TPSA) is 79.1 Å². The van der Waals surface area contributed by atoms with E-state index < -0.39 is 0 Å². The maximum absolute atomic E-state index is 5.48. The van der Waals surface area contributed by atoms with Crippen molar-refractivity contribution in [2.75, 3.05) is 30.4 Å². The van der Waals surface area contributed by atoms with Crippen molar-refractivity contribution >= 4 is 11.6 Å². The van der Waals surface area contributed by atoms with E-state index in [2.05, 4.69) is 39.5 Å². The Hall–Kier alpha value is -1.40. The molecule has 1 saturated heterocycles. The van der Waals surface area contributed by atoms with Gasteiger partial charge in [-0.05, 0) is 39.3 Å². The van der Waals surface area contributed by atoms with Gasteiger partial charge in [-0.15, -0.1) is 0 Å². The second kappa shape index (κ2) is 6.68. The van der Waals surface area contributed by atoms with Gasteiger partial charge in [0.15, 0.2) is 0 Å². The molecule has 106 valence electrons. The zero-order valence-corrected chi connectivity index (χ0v) is 11.8. The van der Waals surface area contributed by atoms with Crippen LogP contribution >= 0.6 is 0 Å². The minimum atomic E-state index is 0.365. The molecule has 6 heteroatoms. The summed E-state index contributed by atoms with van der Waals surface area (Å²) >= 11 is 0. The Morgan fingerprint density at radius 2 is 2.00 bits per heavy atom. The van der Waals surface area contributed by atoms with E-state index in [1.54, 1.807) is 6.33 Å². The average molecular weight is 264 g/mol. The van der Waals surface area contributed by atoms with Crippen molar-refractivity contribution in [2.24, 2.45) is 5.84 Å². The van der Waals surface area contributed by atoms with Crippen molar-refractivity contribution in [1.29, 1.82) is 0 Å². The molecule has 0 aromatic carbocycles. The number of hydrogen-bond donors (Lipinski definition) is 3. The number of hydrazine groups is 1. The summed E-state index contributed by atoms with van der Waals surface area (Å²) in [4.78, 5) is 11.0. The van der Waals surface area contributed by atoms with Crippen molar-refractivity contribution < 1.29 is 0 Å². The Kier molecular flexibility index (Phi) is 4.93. The van der Waals surface area contributed by atoms with Gasteiger partial charge >= 0.3 is 0 Å². The number of nitrogen functional groups attached to an aromatic ring is 1. The number of nitrogens with one attached hydrogen (secondary N) is 2. The summed E-state index contributed by atoms with van der Waals surface area (Å²) in [5.74, 6) is 7.07. The van der Waals surface area contributed by atoms with Gasteiger partial charge in [0, 0.05) is 18.2 Å². The Morgan fingerprint density at radius 3 is 2.63 bits per heavy atom. The molecule has 1 aliphatic heterocycles. The fourth-order valence-corrected chi connectivity index (χ4v) is 2.63. The van der Waals surface area contributed by atoms with E-state index in [1.807, 2.05) is 0 Å². The van der Waals surface area contributed by atoms with Crippen LogP contribution in [0, 0.1) is 0 Å². The van der Waals surface area contributed by atoms with Gasteiger partial charge in [-0.3, -0.25) is 0 Å². The minimum absolute atomic E-state index is 0.365. The van der Waals surface area contributed by atoms with Crippen molar-refractivity contribution in [1.82, 2.24) is 14.9 Å². The van der Waals surface area contributed by atoms with Crippen molar-refractivity contribution in [2.45, 2.75) is 39.2 Å². The molecule has 0 amide bonds. The lowest BCUT2D eigenvalue weighted by molar-refractivity contribution is 0.327. The van der Waals surface area contributed by atoms with Crippen molar-refractivity contribution in [3.8, 4) is 0 Å². The van der Waals surface area contributed by atoms with Crippen LogP contribution in [0.5, 0.6) is 0 Å². The van der Waals surface area contributed by atoms with E-state index in [0.29, 0.717) is 11.9 Å². The summed E-state index contributed by atoms with van der Waals surface area (Å²) in [6.45, 7) is 7.75. The first-order valence-electron chi connectivity index (χ1n) is 7.04. The third kappa shape index (κ3) is 3.54. The highest BCUT2D eigenvalue weighted by atomic mass is 15.3. The molecule has 2 heterocycles.